The molecule has 0 aromatic carbocycles. The second-order valence-electron chi connectivity index (χ2n) is 7.47. The highest BCUT2D eigenvalue weighted by Crippen LogP contribution is 2.37. The number of aliphatic hydroxyl groups is 1. The Balaban J connectivity index is 1.84. The van der Waals surface area contributed by atoms with E-state index in [-0.39, 0.29) is 11.6 Å². The highest BCUT2D eigenvalue weighted by molar-refractivity contribution is 5.78. The highest BCUT2D eigenvalue weighted by atomic mass is 16.3. The van der Waals surface area contributed by atoms with Crippen LogP contribution in [-0.4, -0.2) is 24.5 Å². The Hall–Kier alpha value is -2.47. The van der Waals surface area contributed by atoms with E-state index in [1.165, 1.54) is 11.1 Å². The molecule has 3 aromatic rings. The van der Waals surface area contributed by atoms with E-state index in [2.05, 4.69) is 10.2 Å². The summed E-state index contributed by atoms with van der Waals surface area (Å²) in [4.78, 5) is 12.0. The lowest BCUT2D eigenvalue weighted by Crippen LogP contribution is -2.28. The molecule has 26 heavy (non-hydrogen) atoms. The SMILES string of the molecule is CC(C)n1nc(-c2cccn3nc(C4(O)CCCCC4)cc23)ccc1=O. The van der Waals surface area contributed by atoms with E-state index in [0.29, 0.717) is 0 Å². The largest absolute Gasteiger partial charge is 0.383 e. The molecule has 1 fully saturated rings. The van der Waals surface area contributed by atoms with Crippen molar-refractivity contribution in [1.82, 2.24) is 19.4 Å². The van der Waals surface area contributed by atoms with Crippen LogP contribution in [0.15, 0.2) is 41.3 Å². The molecular formula is C20H24N4O2. The van der Waals surface area contributed by atoms with Crippen molar-refractivity contribution in [2.24, 2.45) is 0 Å². The van der Waals surface area contributed by atoms with Gasteiger partial charge in [-0.15, -0.1) is 0 Å². The van der Waals surface area contributed by atoms with Gasteiger partial charge in [-0.25, -0.2) is 9.20 Å². The monoisotopic (exact) mass is 352 g/mol. The fourth-order valence-corrected chi connectivity index (χ4v) is 3.79. The molecule has 0 saturated heterocycles. The molecule has 136 valence electrons. The van der Waals surface area contributed by atoms with Gasteiger partial charge in [-0.1, -0.05) is 19.3 Å². The summed E-state index contributed by atoms with van der Waals surface area (Å²) in [5.74, 6) is 0. The minimum absolute atomic E-state index is 0.00870. The van der Waals surface area contributed by atoms with Gasteiger partial charge in [0.05, 0.1) is 22.9 Å². The fourth-order valence-electron chi connectivity index (χ4n) is 3.79. The normalized spacial score (nSPS) is 17.1. The zero-order chi connectivity index (χ0) is 18.3. The highest BCUT2D eigenvalue weighted by Gasteiger charge is 2.34. The second kappa shape index (κ2) is 6.36. The number of hydrogen-bond donors (Lipinski definition) is 1. The predicted octanol–water partition coefficient (Wildman–Crippen LogP) is 3.29. The van der Waals surface area contributed by atoms with Gasteiger partial charge in [-0.05, 0) is 51.0 Å². The molecule has 1 N–H and O–H groups in total. The summed E-state index contributed by atoms with van der Waals surface area (Å²) in [7, 11) is 0. The van der Waals surface area contributed by atoms with Crippen LogP contribution in [0.1, 0.15) is 57.7 Å². The first-order valence-corrected chi connectivity index (χ1v) is 9.29. The fraction of sp³-hybridized carbons (Fsp3) is 0.450. The van der Waals surface area contributed by atoms with Crippen molar-refractivity contribution in [3.05, 3.63) is 52.6 Å². The second-order valence-corrected chi connectivity index (χ2v) is 7.47. The summed E-state index contributed by atoms with van der Waals surface area (Å²) in [5, 5.41) is 20.2. The maximum atomic E-state index is 12.0. The Morgan fingerprint density at radius 2 is 1.88 bits per heavy atom. The Bertz CT molecular complexity index is 996. The molecule has 0 unspecified atom stereocenters. The minimum Gasteiger partial charge on any atom is -0.383 e. The molecule has 0 amide bonds. The Morgan fingerprint density at radius 3 is 2.62 bits per heavy atom. The Kier molecular flexibility index (Phi) is 4.15. The number of hydrogen-bond acceptors (Lipinski definition) is 4. The van der Waals surface area contributed by atoms with Crippen molar-refractivity contribution in [1.29, 1.82) is 0 Å². The summed E-state index contributed by atoms with van der Waals surface area (Å²) >= 11 is 0. The molecule has 6 heteroatoms. The van der Waals surface area contributed by atoms with E-state index in [1.807, 2.05) is 38.2 Å². The molecule has 0 spiro atoms. The molecular weight excluding hydrogens is 328 g/mol. The molecule has 0 bridgehead atoms. The third-order valence-corrected chi connectivity index (χ3v) is 5.25. The van der Waals surface area contributed by atoms with Gasteiger partial charge >= 0.3 is 0 Å². The molecule has 1 aliphatic carbocycles. The van der Waals surface area contributed by atoms with Crippen LogP contribution in [0.25, 0.3) is 16.8 Å². The zero-order valence-corrected chi connectivity index (χ0v) is 15.2. The average molecular weight is 352 g/mol. The van der Waals surface area contributed by atoms with E-state index in [9.17, 15) is 9.90 Å². The van der Waals surface area contributed by atoms with Gasteiger partial charge < -0.3 is 5.11 Å². The Morgan fingerprint density at radius 1 is 1.12 bits per heavy atom. The number of fused-ring (bicyclic) bond motifs is 1. The third-order valence-electron chi connectivity index (χ3n) is 5.25. The van der Waals surface area contributed by atoms with Gasteiger partial charge in [0.15, 0.2) is 0 Å². The van der Waals surface area contributed by atoms with Crippen molar-refractivity contribution >= 4 is 5.52 Å². The molecule has 0 radical (unpaired) electrons. The van der Waals surface area contributed by atoms with Crippen molar-refractivity contribution in [2.45, 2.75) is 57.6 Å². The van der Waals surface area contributed by atoms with Gasteiger partial charge in [0.1, 0.15) is 5.60 Å². The Labute approximate surface area is 152 Å². The first-order chi connectivity index (χ1) is 12.5. The van der Waals surface area contributed by atoms with E-state index in [0.717, 1.165) is 48.2 Å². The lowest BCUT2D eigenvalue weighted by atomic mass is 9.82. The quantitative estimate of drug-likeness (QED) is 0.785. The van der Waals surface area contributed by atoms with Gasteiger partial charge in [0.25, 0.3) is 5.56 Å². The van der Waals surface area contributed by atoms with E-state index >= 15 is 0 Å². The van der Waals surface area contributed by atoms with Crippen LogP contribution < -0.4 is 5.56 Å². The summed E-state index contributed by atoms with van der Waals surface area (Å²) < 4.78 is 3.29. The van der Waals surface area contributed by atoms with Gasteiger partial charge in [-0.2, -0.15) is 10.2 Å². The smallest absolute Gasteiger partial charge is 0.267 e. The van der Waals surface area contributed by atoms with Gasteiger partial charge in [0, 0.05) is 17.8 Å². The van der Waals surface area contributed by atoms with E-state index in [4.69, 9.17) is 0 Å². The number of nitrogens with zero attached hydrogens (tertiary/aromatic N) is 4. The molecule has 6 nitrogen and oxygen atoms in total. The molecule has 3 aromatic heterocycles. The average Bonchev–Trinajstić information content (AvgIpc) is 3.08. The number of aromatic nitrogens is 4. The van der Waals surface area contributed by atoms with Crippen LogP contribution >= 0.6 is 0 Å². The maximum Gasteiger partial charge on any atom is 0.267 e. The number of pyridine rings is 1. The summed E-state index contributed by atoms with van der Waals surface area (Å²) in [5.41, 5.74) is 2.29. The van der Waals surface area contributed by atoms with Crippen molar-refractivity contribution in [2.75, 3.05) is 0 Å². The molecule has 0 aliphatic heterocycles. The van der Waals surface area contributed by atoms with E-state index < -0.39 is 5.60 Å². The molecule has 1 saturated carbocycles. The van der Waals surface area contributed by atoms with E-state index in [1.54, 1.807) is 16.6 Å². The summed E-state index contributed by atoms with van der Waals surface area (Å²) in [6.45, 7) is 3.88. The molecule has 3 heterocycles. The van der Waals surface area contributed by atoms with Crippen LogP contribution in [0.3, 0.4) is 0 Å². The first kappa shape index (κ1) is 17.0. The van der Waals surface area contributed by atoms with Crippen LogP contribution in [0.2, 0.25) is 0 Å². The number of rotatable bonds is 3. The van der Waals surface area contributed by atoms with Crippen LogP contribution in [0, 0.1) is 0 Å². The van der Waals surface area contributed by atoms with Crippen molar-refractivity contribution < 1.29 is 5.11 Å². The first-order valence-electron chi connectivity index (χ1n) is 9.29. The van der Waals surface area contributed by atoms with Gasteiger partial charge in [0.2, 0.25) is 0 Å². The standard InChI is InChI=1S/C20H24N4O2/c1-14(2)24-19(25)9-8-16(21-24)15-7-6-12-23-17(15)13-18(22-23)20(26)10-4-3-5-11-20/h6-9,12-14,26H,3-5,10-11H2,1-2H3. The van der Waals surface area contributed by atoms with Gasteiger partial charge in [-0.3, -0.25) is 4.79 Å². The summed E-state index contributed by atoms with van der Waals surface area (Å²) in [6, 6.07) is 9.15. The molecule has 0 atom stereocenters. The van der Waals surface area contributed by atoms with Crippen LogP contribution in [0.4, 0.5) is 0 Å². The van der Waals surface area contributed by atoms with Crippen molar-refractivity contribution in [3.63, 3.8) is 0 Å². The molecule has 4 rings (SSSR count). The zero-order valence-electron chi connectivity index (χ0n) is 15.2. The topological polar surface area (TPSA) is 72.4 Å². The maximum absolute atomic E-state index is 12.0. The minimum atomic E-state index is -0.842. The van der Waals surface area contributed by atoms with Crippen molar-refractivity contribution in [3.8, 4) is 11.3 Å². The molecule has 1 aliphatic rings. The predicted molar refractivity (Wildman–Crippen MR) is 100 cm³/mol. The van der Waals surface area contributed by atoms with Crippen LogP contribution in [0.5, 0.6) is 0 Å². The lowest BCUT2D eigenvalue weighted by molar-refractivity contribution is -0.00484. The third kappa shape index (κ3) is 2.84. The van der Waals surface area contributed by atoms with Crippen LogP contribution in [-0.2, 0) is 5.60 Å². The summed E-state index contributed by atoms with van der Waals surface area (Å²) in [6.07, 6.45) is 6.61. The lowest BCUT2D eigenvalue weighted by Gasteiger charge is -2.30.